The number of benzene rings is 1. The fraction of sp³-hybridized carbons (Fsp3) is 0.591. The molecule has 10 amide bonds. The molecule has 394 valence electrons. The lowest BCUT2D eigenvalue weighted by Gasteiger charge is -2.31. The Kier molecular flexibility index (Phi) is 24.3. The van der Waals surface area contributed by atoms with Crippen LogP contribution >= 0.6 is 0 Å². The van der Waals surface area contributed by atoms with Crippen LogP contribution in [-0.4, -0.2) is 159 Å². The van der Waals surface area contributed by atoms with Crippen LogP contribution in [0, 0.1) is 11.8 Å². The molecule has 1 saturated heterocycles. The molecule has 9 atom stereocenters. The van der Waals surface area contributed by atoms with Gasteiger partial charge in [-0.1, -0.05) is 46.2 Å². The van der Waals surface area contributed by atoms with Crippen molar-refractivity contribution in [3.63, 3.8) is 0 Å². The molecule has 0 saturated carbocycles. The number of rotatable bonds is 30. The monoisotopic (exact) mass is 1000 g/mol. The normalized spacial score (nSPS) is 16.5. The van der Waals surface area contributed by atoms with E-state index in [2.05, 4.69) is 37.2 Å². The quantitative estimate of drug-likeness (QED) is 0.0343. The minimum absolute atomic E-state index is 0.0266. The molecular formula is C44H68N12O15. The summed E-state index contributed by atoms with van der Waals surface area (Å²) >= 11 is 0. The van der Waals surface area contributed by atoms with Gasteiger partial charge in [-0.15, -0.1) is 0 Å². The molecule has 1 aliphatic heterocycles. The number of carboxylic acids is 2. The summed E-state index contributed by atoms with van der Waals surface area (Å²) in [5.41, 5.74) is 22.9. The van der Waals surface area contributed by atoms with Gasteiger partial charge in [0.25, 0.3) is 0 Å². The number of phenolic OH excluding ortho intramolecular Hbond substituents is 1. The maximum Gasteiger partial charge on any atom is 0.322 e. The second-order valence-corrected chi connectivity index (χ2v) is 17.6. The molecular weight excluding hydrogens is 937 g/mol. The Labute approximate surface area is 409 Å². The molecule has 18 N–H and O–H groups in total. The average Bonchev–Trinajstić information content (AvgIpc) is 3.79. The number of likely N-dealkylation sites (tertiary alicyclic amines) is 1. The van der Waals surface area contributed by atoms with Gasteiger partial charge in [0.15, 0.2) is 0 Å². The van der Waals surface area contributed by atoms with Crippen molar-refractivity contribution in [3.05, 3.63) is 29.8 Å². The van der Waals surface area contributed by atoms with Crippen LogP contribution in [-0.2, 0) is 64.0 Å². The number of aromatic hydroxyl groups is 1. The van der Waals surface area contributed by atoms with E-state index in [0.717, 1.165) is 4.90 Å². The molecule has 1 aromatic carbocycles. The zero-order valence-electron chi connectivity index (χ0n) is 40.1. The van der Waals surface area contributed by atoms with Gasteiger partial charge in [0, 0.05) is 25.9 Å². The third-order valence-corrected chi connectivity index (χ3v) is 11.3. The number of hydrogen-bond donors (Lipinski definition) is 14. The lowest BCUT2D eigenvalue weighted by atomic mass is 9.96. The van der Waals surface area contributed by atoms with Crippen LogP contribution in [0.15, 0.2) is 24.3 Å². The van der Waals surface area contributed by atoms with E-state index >= 15 is 0 Å². The molecule has 2 rings (SSSR count). The summed E-state index contributed by atoms with van der Waals surface area (Å²) in [6.07, 6.45) is -1.96. The molecule has 0 aliphatic carbocycles. The number of nitrogens with zero attached hydrogens (tertiary/aromatic N) is 1. The van der Waals surface area contributed by atoms with Crippen molar-refractivity contribution in [2.24, 2.45) is 34.8 Å². The van der Waals surface area contributed by atoms with E-state index in [1.807, 2.05) is 0 Å². The molecule has 0 radical (unpaired) electrons. The minimum Gasteiger partial charge on any atom is -0.508 e. The van der Waals surface area contributed by atoms with Crippen molar-refractivity contribution in [2.45, 2.75) is 134 Å². The number of primary amides is 2. The zero-order valence-corrected chi connectivity index (χ0v) is 40.1. The topological polar surface area (TPSA) is 457 Å². The predicted molar refractivity (Wildman–Crippen MR) is 249 cm³/mol. The largest absolute Gasteiger partial charge is 0.508 e. The van der Waals surface area contributed by atoms with Crippen LogP contribution in [0.2, 0.25) is 0 Å². The third kappa shape index (κ3) is 20.2. The van der Waals surface area contributed by atoms with Crippen molar-refractivity contribution in [1.82, 2.24) is 42.1 Å². The molecule has 0 spiro atoms. The highest BCUT2D eigenvalue weighted by atomic mass is 16.4. The van der Waals surface area contributed by atoms with Gasteiger partial charge in [0.05, 0.1) is 18.9 Å². The standard InChI is InChI=1S/C44H68N12O15/c1-5-22(4)36(55-41(68)28(16-23-8-10-24(57)11-9-23)51-37(64)25(46)17-34(60)61)43(70)50-26(12-13-32(47)58)39(66)52-29(18-33(48)59)40(67)54-30(19-45)44(71)56-14-6-7-31(56)42(69)53-27(15-21(2)3)38(65)49-20-35(62)63/h8-11,21-22,25-31,36,57H,5-7,12-20,45-46H2,1-4H3,(H2,47,58)(H2,48,59)(H,49,65)(H,50,70)(H,51,64)(H,52,66)(H,53,69)(H,54,67)(H,55,68)(H,60,61)(H,62,63)/t22-,25-,26-,27-,28-,29-,30-,31-,36-/m0/s1. The molecule has 1 fully saturated rings. The van der Waals surface area contributed by atoms with Crippen LogP contribution in [0.3, 0.4) is 0 Å². The fourth-order valence-electron chi connectivity index (χ4n) is 7.35. The van der Waals surface area contributed by atoms with Crippen LogP contribution in [0.25, 0.3) is 0 Å². The number of carboxylic acid groups (broad SMARTS) is 2. The number of carbonyl (C=O) groups is 12. The second-order valence-electron chi connectivity index (χ2n) is 17.6. The number of amides is 10. The first kappa shape index (κ1) is 59.7. The summed E-state index contributed by atoms with van der Waals surface area (Å²) in [5.74, 6) is -13.1. The van der Waals surface area contributed by atoms with Crippen molar-refractivity contribution in [1.29, 1.82) is 0 Å². The lowest BCUT2D eigenvalue weighted by molar-refractivity contribution is -0.142. The molecule has 27 nitrogen and oxygen atoms in total. The highest BCUT2D eigenvalue weighted by Crippen LogP contribution is 2.20. The third-order valence-electron chi connectivity index (χ3n) is 11.3. The predicted octanol–water partition coefficient (Wildman–Crippen LogP) is -4.97. The number of hydrogen-bond acceptors (Lipinski definition) is 15. The van der Waals surface area contributed by atoms with Crippen molar-refractivity contribution in [3.8, 4) is 5.75 Å². The van der Waals surface area contributed by atoms with Gasteiger partial charge in [0.2, 0.25) is 59.1 Å². The zero-order chi connectivity index (χ0) is 53.7. The molecule has 0 bridgehead atoms. The minimum atomic E-state index is -1.82. The van der Waals surface area contributed by atoms with Gasteiger partial charge < -0.3 is 80.4 Å². The van der Waals surface area contributed by atoms with Crippen molar-refractivity contribution >= 4 is 71.0 Å². The highest BCUT2D eigenvalue weighted by molar-refractivity contribution is 5.99. The average molecular weight is 1010 g/mol. The van der Waals surface area contributed by atoms with Crippen molar-refractivity contribution < 1.29 is 72.9 Å². The fourth-order valence-corrected chi connectivity index (χ4v) is 7.35. The van der Waals surface area contributed by atoms with E-state index in [1.54, 1.807) is 27.7 Å². The first-order valence-electron chi connectivity index (χ1n) is 22.9. The van der Waals surface area contributed by atoms with Crippen LogP contribution in [0.4, 0.5) is 0 Å². The number of carbonyl (C=O) groups excluding carboxylic acids is 10. The lowest BCUT2D eigenvalue weighted by Crippen LogP contribution is -2.62. The molecule has 1 aromatic rings. The van der Waals surface area contributed by atoms with Gasteiger partial charge in [-0.2, -0.15) is 0 Å². The van der Waals surface area contributed by atoms with Crippen LogP contribution < -0.4 is 60.2 Å². The van der Waals surface area contributed by atoms with E-state index in [0.29, 0.717) is 12.0 Å². The van der Waals surface area contributed by atoms with Crippen LogP contribution in [0.1, 0.15) is 84.6 Å². The Morgan fingerprint density at radius 2 is 1.27 bits per heavy atom. The Hall–Kier alpha value is -7.42. The summed E-state index contributed by atoms with van der Waals surface area (Å²) < 4.78 is 0. The van der Waals surface area contributed by atoms with Crippen LogP contribution in [0.5, 0.6) is 5.75 Å². The van der Waals surface area contributed by atoms with E-state index in [9.17, 15) is 62.6 Å². The first-order valence-corrected chi connectivity index (χ1v) is 22.9. The molecule has 71 heavy (non-hydrogen) atoms. The molecule has 27 heteroatoms. The summed E-state index contributed by atoms with van der Waals surface area (Å²) in [7, 11) is 0. The highest BCUT2D eigenvalue weighted by Gasteiger charge is 2.40. The molecule has 1 aliphatic rings. The maximum absolute atomic E-state index is 14.1. The van der Waals surface area contributed by atoms with Gasteiger partial charge in [0.1, 0.15) is 54.6 Å². The number of phenols is 1. The number of aliphatic carboxylic acids is 2. The SMILES string of the molecule is CC[C@H](C)[C@H](NC(=O)[C@H](Cc1ccc(O)cc1)NC(=O)[C@@H](N)CC(=O)O)C(=O)N[C@@H](CCC(N)=O)C(=O)N[C@@H](CC(N)=O)C(=O)N[C@@H](CN)C(=O)N1CCC[C@H]1C(=O)N[C@@H](CC(C)C)C(=O)NCC(=O)O. The first-order chi connectivity index (χ1) is 33.3. The number of nitrogens with two attached hydrogens (primary N) is 4. The van der Waals surface area contributed by atoms with Gasteiger partial charge in [-0.25, -0.2) is 0 Å². The Bertz CT molecular complexity index is 2110. The van der Waals surface area contributed by atoms with Gasteiger partial charge >= 0.3 is 11.9 Å². The van der Waals surface area contributed by atoms with E-state index in [1.165, 1.54) is 24.3 Å². The molecule has 0 unspecified atom stereocenters. The maximum atomic E-state index is 14.1. The summed E-state index contributed by atoms with van der Waals surface area (Å²) in [6, 6.07) is -6.26. The second kappa shape index (κ2) is 28.9. The number of nitrogens with one attached hydrogen (secondary N) is 7. The smallest absolute Gasteiger partial charge is 0.322 e. The summed E-state index contributed by atoms with van der Waals surface area (Å²) in [4.78, 5) is 156. The molecule has 1 heterocycles. The molecule has 0 aromatic heterocycles. The van der Waals surface area contributed by atoms with E-state index < -0.39 is 164 Å². The van der Waals surface area contributed by atoms with E-state index in [4.69, 9.17) is 33.1 Å². The van der Waals surface area contributed by atoms with Gasteiger partial charge in [-0.3, -0.25) is 57.5 Å². The summed E-state index contributed by atoms with van der Waals surface area (Å²) in [6.45, 7) is 5.59. The Morgan fingerprint density at radius 3 is 1.82 bits per heavy atom. The Balaban J connectivity index is 2.36. The summed E-state index contributed by atoms with van der Waals surface area (Å²) in [5, 5.41) is 44.7. The Morgan fingerprint density at radius 1 is 0.690 bits per heavy atom. The van der Waals surface area contributed by atoms with Crippen molar-refractivity contribution in [2.75, 3.05) is 19.6 Å². The van der Waals surface area contributed by atoms with E-state index in [-0.39, 0.29) is 43.9 Å². The van der Waals surface area contributed by atoms with Gasteiger partial charge in [-0.05, 0) is 55.2 Å².